The van der Waals surface area contributed by atoms with E-state index in [1.54, 1.807) is 6.07 Å². The van der Waals surface area contributed by atoms with E-state index in [1.807, 2.05) is 0 Å². The molecule has 1 aromatic heterocycles. The van der Waals surface area contributed by atoms with Gasteiger partial charge in [-0.2, -0.15) is 17.5 Å². The van der Waals surface area contributed by atoms with Crippen LogP contribution in [0.2, 0.25) is 0 Å². The smallest absolute Gasteiger partial charge is 0.261 e. The Morgan fingerprint density at radius 1 is 1.56 bits per heavy atom. The van der Waals surface area contributed by atoms with Crippen molar-refractivity contribution in [3.8, 4) is 0 Å². The summed E-state index contributed by atoms with van der Waals surface area (Å²) in [6.45, 7) is 0. The molecule has 9 heteroatoms. The second kappa shape index (κ2) is 5.35. The standard InChI is InChI=1S/C9H8BrF3N2O2S/c1-18(17,15-8(16)9(11,12)13)5-7-4-6(10)2-3-14-7/h2-4H,5H2,1H3. The molecule has 0 fully saturated rings. The third-order valence-electron chi connectivity index (χ3n) is 1.71. The summed E-state index contributed by atoms with van der Waals surface area (Å²) in [6.07, 6.45) is -2.72. The van der Waals surface area contributed by atoms with Gasteiger partial charge in [-0.1, -0.05) is 15.9 Å². The molecule has 1 rings (SSSR count). The number of nitrogens with zero attached hydrogens (tertiary/aromatic N) is 2. The summed E-state index contributed by atoms with van der Waals surface area (Å²) in [5.41, 5.74) is 0.288. The van der Waals surface area contributed by atoms with Gasteiger partial charge in [0.15, 0.2) is 0 Å². The molecule has 1 aromatic rings. The fourth-order valence-electron chi connectivity index (χ4n) is 1.06. The average Bonchev–Trinajstić information content (AvgIpc) is 2.13. The number of hydrogen-bond acceptors (Lipinski definition) is 3. The summed E-state index contributed by atoms with van der Waals surface area (Å²) in [7, 11) is -3.31. The van der Waals surface area contributed by atoms with Crippen molar-refractivity contribution in [2.24, 2.45) is 4.36 Å². The number of pyridine rings is 1. The van der Waals surface area contributed by atoms with Gasteiger partial charge in [-0.3, -0.25) is 9.78 Å². The van der Waals surface area contributed by atoms with Crippen molar-refractivity contribution in [2.45, 2.75) is 11.9 Å². The fraction of sp³-hybridized carbons (Fsp3) is 0.333. The molecule has 0 bridgehead atoms. The fourth-order valence-corrected chi connectivity index (χ4v) is 2.67. The third-order valence-corrected chi connectivity index (χ3v) is 3.59. The SMILES string of the molecule is CS(=O)(Cc1cc(Br)ccn1)=NC(=O)C(F)(F)F. The molecule has 4 nitrogen and oxygen atoms in total. The number of amides is 1. The number of halogens is 4. The number of aromatic nitrogens is 1. The highest BCUT2D eigenvalue weighted by Gasteiger charge is 2.39. The minimum atomic E-state index is -5.11. The van der Waals surface area contributed by atoms with E-state index in [0.29, 0.717) is 4.47 Å². The molecule has 18 heavy (non-hydrogen) atoms. The molecule has 1 atom stereocenters. The maximum atomic E-state index is 12.0. The van der Waals surface area contributed by atoms with Gasteiger partial charge in [0, 0.05) is 16.9 Å². The van der Waals surface area contributed by atoms with Crippen molar-refractivity contribution in [1.29, 1.82) is 0 Å². The summed E-state index contributed by atoms with van der Waals surface area (Å²) >= 11 is 3.14. The Balaban J connectivity index is 2.99. The maximum Gasteiger partial charge on any atom is 0.474 e. The van der Waals surface area contributed by atoms with Crippen LogP contribution < -0.4 is 0 Å². The Labute approximate surface area is 110 Å². The Morgan fingerprint density at radius 3 is 2.67 bits per heavy atom. The molecular weight excluding hydrogens is 337 g/mol. The van der Waals surface area contributed by atoms with Crippen molar-refractivity contribution >= 4 is 31.6 Å². The van der Waals surface area contributed by atoms with E-state index in [4.69, 9.17) is 0 Å². The number of carbonyl (C=O) groups is 1. The van der Waals surface area contributed by atoms with Gasteiger partial charge in [0.2, 0.25) is 0 Å². The number of alkyl halides is 3. The van der Waals surface area contributed by atoms with Crippen LogP contribution in [0.15, 0.2) is 27.2 Å². The molecule has 0 radical (unpaired) electrons. The molecule has 1 unspecified atom stereocenters. The highest BCUT2D eigenvalue weighted by Crippen LogP contribution is 2.18. The lowest BCUT2D eigenvalue weighted by Crippen LogP contribution is -2.22. The highest BCUT2D eigenvalue weighted by atomic mass is 79.9. The lowest BCUT2D eigenvalue weighted by molar-refractivity contribution is -0.169. The minimum Gasteiger partial charge on any atom is -0.261 e. The highest BCUT2D eigenvalue weighted by molar-refractivity contribution is 9.10. The van der Waals surface area contributed by atoms with Gasteiger partial charge in [-0.05, 0) is 12.1 Å². The Kier molecular flexibility index (Phi) is 4.49. The predicted molar refractivity (Wildman–Crippen MR) is 63.2 cm³/mol. The van der Waals surface area contributed by atoms with Crippen LogP contribution in [0.5, 0.6) is 0 Å². The van der Waals surface area contributed by atoms with Crippen molar-refractivity contribution in [1.82, 2.24) is 4.98 Å². The Morgan fingerprint density at radius 2 is 2.17 bits per heavy atom. The van der Waals surface area contributed by atoms with Crippen LogP contribution in [-0.2, 0) is 20.3 Å². The minimum absolute atomic E-state index is 0.288. The molecule has 100 valence electrons. The van der Waals surface area contributed by atoms with Crippen LogP contribution in [0.4, 0.5) is 13.2 Å². The number of carbonyl (C=O) groups excluding carboxylic acids is 1. The molecule has 0 aliphatic carbocycles. The summed E-state index contributed by atoms with van der Waals surface area (Å²) in [4.78, 5) is 14.5. The topological polar surface area (TPSA) is 59.4 Å². The molecule has 0 spiro atoms. The zero-order valence-corrected chi connectivity index (χ0v) is 11.5. The van der Waals surface area contributed by atoms with E-state index in [-0.39, 0.29) is 11.4 Å². The van der Waals surface area contributed by atoms with E-state index in [9.17, 15) is 22.2 Å². The summed E-state index contributed by atoms with van der Waals surface area (Å²) in [5.74, 6) is -2.67. The largest absolute Gasteiger partial charge is 0.474 e. The number of rotatable bonds is 2. The van der Waals surface area contributed by atoms with Crippen LogP contribution in [0, 0.1) is 0 Å². The van der Waals surface area contributed by atoms with Gasteiger partial charge in [0.1, 0.15) is 0 Å². The molecule has 0 saturated carbocycles. The summed E-state index contributed by atoms with van der Waals surface area (Å²) in [6, 6.07) is 3.11. The van der Waals surface area contributed by atoms with Crippen LogP contribution in [0.1, 0.15) is 5.69 Å². The van der Waals surface area contributed by atoms with Crippen LogP contribution in [-0.4, -0.2) is 27.5 Å². The Bertz CT molecular complexity index is 579. The van der Waals surface area contributed by atoms with E-state index >= 15 is 0 Å². The Hall–Kier alpha value is -0.960. The molecule has 1 amide bonds. The quantitative estimate of drug-likeness (QED) is 0.828. The normalized spacial score (nSPS) is 14.9. The van der Waals surface area contributed by atoms with E-state index in [2.05, 4.69) is 25.3 Å². The molecular formula is C9H8BrF3N2O2S. The van der Waals surface area contributed by atoms with Crippen LogP contribution in [0.25, 0.3) is 0 Å². The van der Waals surface area contributed by atoms with Gasteiger partial charge in [-0.15, -0.1) is 0 Å². The summed E-state index contributed by atoms with van der Waals surface area (Å²) < 4.78 is 51.1. The van der Waals surface area contributed by atoms with Crippen LogP contribution in [0.3, 0.4) is 0 Å². The monoisotopic (exact) mass is 344 g/mol. The summed E-state index contributed by atoms with van der Waals surface area (Å²) in [5, 5.41) is 0. The third kappa shape index (κ3) is 4.73. The first-order valence-electron chi connectivity index (χ1n) is 4.51. The molecule has 0 aliphatic heterocycles. The predicted octanol–water partition coefficient (Wildman–Crippen LogP) is 2.53. The van der Waals surface area contributed by atoms with Gasteiger partial charge < -0.3 is 0 Å². The zero-order chi connectivity index (χ0) is 14.0. The maximum absolute atomic E-state index is 12.0. The van der Waals surface area contributed by atoms with Crippen molar-refractivity contribution in [2.75, 3.05) is 6.26 Å². The van der Waals surface area contributed by atoms with Crippen molar-refractivity contribution < 1.29 is 22.2 Å². The number of hydrogen-bond donors (Lipinski definition) is 0. The average molecular weight is 345 g/mol. The van der Waals surface area contributed by atoms with Crippen molar-refractivity contribution in [3.05, 3.63) is 28.5 Å². The van der Waals surface area contributed by atoms with E-state index < -0.39 is 21.8 Å². The van der Waals surface area contributed by atoms with E-state index in [1.165, 1.54) is 12.3 Å². The lowest BCUT2D eigenvalue weighted by atomic mass is 10.4. The van der Waals surface area contributed by atoms with Crippen LogP contribution >= 0.6 is 15.9 Å². The van der Waals surface area contributed by atoms with Gasteiger partial charge in [-0.25, -0.2) is 4.21 Å². The molecule has 1 heterocycles. The molecule has 0 aromatic carbocycles. The molecule has 0 N–H and O–H groups in total. The van der Waals surface area contributed by atoms with Gasteiger partial charge in [0.05, 0.1) is 21.2 Å². The molecule has 0 aliphatic rings. The lowest BCUT2D eigenvalue weighted by Gasteiger charge is -2.05. The molecule has 0 saturated heterocycles. The van der Waals surface area contributed by atoms with Crippen molar-refractivity contribution in [3.63, 3.8) is 0 Å². The second-order valence-corrected chi connectivity index (χ2v) is 6.77. The second-order valence-electron chi connectivity index (χ2n) is 3.46. The first-order chi connectivity index (χ1) is 8.10. The van der Waals surface area contributed by atoms with E-state index in [0.717, 1.165) is 6.26 Å². The van der Waals surface area contributed by atoms with Gasteiger partial charge in [0.25, 0.3) is 0 Å². The first kappa shape index (κ1) is 15.1. The van der Waals surface area contributed by atoms with Gasteiger partial charge >= 0.3 is 12.1 Å². The first-order valence-corrected chi connectivity index (χ1v) is 7.40. The zero-order valence-electron chi connectivity index (χ0n) is 9.07.